The molecule has 0 aliphatic heterocycles. The first-order valence-electron chi connectivity index (χ1n) is 8.09. The number of primary amides is 1. The molecule has 0 aliphatic carbocycles. The second kappa shape index (κ2) is 10.0. The molecule has 2 rings (SSSR count). The van der Waals surface area contributed by atoms with E-state index in [2.05, 4.69) is 11.4 Å². The van der Waals surface area contributed by atoms with Crippen LogP contribution in [0.2, 0.25) is 5.02 Å². The highest BCUT2D eigenvalue weighted by molar-refractivity contribution is 6.32. The van der Waals surface area contributed by atoms with E-state index in [9.17, 15) is 4.79 Å². The third kappa shape index (κ3) is 5.62. The van der Waals surface area contributed by atoms with E-state index in [-0.39, 0.29) is 6.61 Å². The molecule has 1 amide bonds. The Kier molecular flexibility index (Phi) is 7.72. The largest absolute Gasteiger partial charge is 0.493 e. The molecular formula is C19H23ClN2O4. The Balaban J connectivity index is 2.04. The Morgan fingerprint density at radius 3 is 2.54 bits per heavy atom. The number of hydrogen-bond acceptors (Lipinski definition) is 5. The molecule has 0 saturated heterocycles. The second-order valence-corrected chi connectivity index (χ2v) is 6.08. The topological polar surface area (TPSA) is 82.8 Å². The van der Waals surface area contributed by atoms with Crippen LogP contribution in [0.5, 0.6) is 11.5 Å². The molecule has 0 heterocycles. The minimum Gasteiger partial charge on any atom is -0.493 e. The van der Waals surface area contributed by atoms with Crippen LogP contribution in [0.3, 0.4) is 0 Å². The van der Waals surface area contributed by atoms with E-state index < -0.39 is 5.91 Å². The van der Waals surface area contributed by atoms with E-state index in [1.165, 1.54) is 12.7 Å². The van der Waals surface area contributed by atoms with E-state index >= 15 is 0 Å². The van der Waals surface area contributed by atoms with Gasteiger partial charge < -0.3 is 25.3 Å². The zero-order chi connectivity index (χ0) is 18.9. The number of ether oxygens (including phenoxy) is 3. The SMILES string of the molecule is COCc1ccccc1CNCc1cc(Cl)c(OCC(N)=O)c(OC)c1. The van der Waals surface area contributed by atoms with Crippen LogP contribution in [0.4, 0.5) is 0 Å². The lowest BCUT2D eigenvalue weighted by Crippen LogP contribution is -2.20. The molecule has 6 nitrogen and oxygen atoms in total. The first-order chi connectivity index (χ1) is 12.5. The van der Waals surface area contributed by atoms with Gasteiger partial charge in [-0.1, -0.05) is 35.9 Å². The van der Waals surface area contributed by atoms with Gasteiger partial charge in [-0.3, -0.25) is 4.79 Å². The molecule has 0 aromatic heterocycles. The van der Waals surface area contributed by atoms with Crippen LogP contribution in [0, 0.1) is 0 Å². The maximum Gasteiger partial charge on any atom is 0.255 e. The molecular weight excluding hydrogens is 356 g/mol. The summed E-state index contributed by atoms with van der Waals surface area (Å²) in [6, 6.07) is 11.7. The fourth-order valence-corrected chi connectivity index (χ4v) is 2.81. The van der Waals surface area contributed by atoms with E-state index in [1.54, 1.807) is 13.2 Å². The van der Waals surface area contributed by atoms with Crippen molar-refractivity contribution >= 4 is 17.5 Å². The summed E-state index contributed by atoms with van der Waals surface area (Å²) in [5.41, 5.74) is 8.35. The van der Waals surface area contributed by atoms with Crippen molar-refractivity contribution in [2.24, 2.45) is 5.73 Å². The molecule has 0 spiro atoms. The fourth-order valence-electron chi connectivity index (χ4n) is 2.53. The van der Waals surface area contributed by atoms with Crippen LogP contribution in [0.25, 0.3) is 0 Å². The Labute approximate surface area is 158 Å². The zero-order valence-electron chi connectivity index (χ0n) is 14.9. The smallest absolute Gasteiger partial charge is 0.255 e. The van der Waals surface area contributed by atoms with Crippen molar-refractivity contribution in [3.05, 3.63) is 58.1 Å². The van der Waals surface area contributed by atoms with E-state index in [4.69, 9.17) is 31.5 Å². The van der Waals surface area contributed by atoms with Crippen molar-refractivity contribution in [2.45, 2.75) is 19.7 Å². The lowest BCUT2D eigenvalue weighted by molar-refractivity contribution is -0.119. The molecule has 0 radical (unpaired) electrons. The number of carbonyl (C=O) groups is 1. The normalized spacial score (nSPS) is 10.6. The molecule has 2 aromatic carbocycles. The minimum absolute atomic E-state index is 0.260. The van der Waals surface area contributed by atoms with Crippen molar-refractivity contribution in [3.8, 4) is 11.5 Å². The number of rotatable bonds is 10. The number of halogens is 1. The monoisotopic (exact) mass is 378 g/mol. The van der Waals surface area contributed by atoms with Gasteiger partial charge in [-0.15, -0.1) is 0 Å². The fraction of sp³-hybridized carbons (Fsp3) is 0.316. The lowest BCUT2D eigenvalue weighted by Gasteiger charge is -2.14. The van der Waals surface area contributed by atoms with Crippen LogP contribution in [-0.4, -0.2) is 26.7 Å². The van der Waals surface area contributed by atoms with E-state index in [1.807, 2.05) is 24.3 Å². The van der Waals surface area contributed by atoms with Crippen LogP contribution < -0.4 is 20.5 Å². The van der Waals surface area contributed by atoms with Crippen molar-refractivity contribution < 1.29 is 19.0 Å². The van der Waals surface area contributed by atoms with Crippen LogP contribution in [-0.2, 0) is 29.2 Å². The highest BCUT2D eigenvalue weighted by atomic mass is 35.5. The number of hydrogen-bond donors (Lipinski definition) is 2. The van der Waals surface area contributed by atoms with Crippen LogP contribution in [0.1, 0.15) is 16.7 Å². The van der Waals surface area contributed by atoms with Gasteiger partial charge in [0.05, 0.1) is 18.7 Å². The van der Waals surface area contributed by atoms with Gasteiger partial charge in [0, 0.05) is 20.2 Å². The van der Waals surface area contributed by atoms with Gasteiger partial charge in [-0.2, -0.15) is 0 Å². The molecule has 26 heavy (non-hydrogen) atoms. The third-order valence-electron chi connectivity index (χ3n) is 3.71. The van der Waals surface area contributed by atoms with Crippen LogP contribution >= 0.6 is 11.6 Å². The van der Waals surface area contributed by atoms with Crippen LogP contribution in [0.15, 0.2) is 36.4 Å². The summed E-state index contributed by atoms with van der Waals surface area (Å²) in [5, 5.41) is 3.74. The summed E-state index contributed by atoms with van der Waals surface area (Å²) in [5.74, 6) is 0.182. The highest BCUT2D eigenvalue weighted by Gasteiger charge is 2.13. The number of methoxy groups -OCH3 is 2. The van der Waals surface area contributed by atoms with Gasteiger partial charge in [-0.05, 0) is 28.8 Å². The molecule has 0 saturated carbocycles. The van der Waals surface area contributed by atoms with E-state index in [0.717, 1.165) is 11.1 Å². The number of benzene rings is 2. The second-order valence-electron chi connectivity index (χ2n) is 5.67. The maximum absolute atomic E-state index is 10.9. The van der Waals surface area contributed by atoms with Gasteiger partial charge in [0.15, 0.2) is 18.1 Å². The standard InChI is InChI=1S/C19H23ClN2O4/c1-24-11-15-6-4-3-5-14(15)10-22-9-13-7-16(20)19(17(8-13)25-2)26-12-18(21)23/h3-8,22H,9-12H2,1-2H3,(H2,21,23). The van der Waals surface area contributed by atoms with Gasteiger partial charge in [0.25, 0.3) is 5.91 Å². The summed E-state index contributed by atoms with van der Waals surface area (Å²) >= 11 is 6.26. The summed E-state index contributed by atoms with van der Waals surface area (Å²) in [7, 11) is 3.20. The Hall–Kier alpha value is -2.28. The van der Waals surface area contributed by atoms with Gasteiger partial charge in [0.2, 0.25) is 0 Å². The molecule has 7 heteroatoms. The zero-order valence-corrected chi connectivity index (χ0v) is 15.6. The first kappa shape index (κ1) is 20.0. The van der Waals surface area contributed by atoms with Crippen molar-refractivity contribution in [1.29, 1.82) is 0 Å². The summed E-state index contributed by atoms with van der Waals surface area (Å²) in [6.07, 6.45) is 0. The summed E-state index contributed by atoms with van der Waals surface area (Å²) in [4.78, 5) is 10.9. The van der Waals surface area contributed by atoms with Gasteiger partial charge in [-0.25, -0.2) is 0 Å². The lowest BCUT2D eigenvalue weighted by atomic mass is 10.1. The van der Waals surface area contributed by atoms with Gasteiger partial charge >= 0.3 is 0 Å². The van der Waals surface area contributed by atoms with Crippen molar-refractivity contribution in [3.63, 3.8) is 0 Å². The average molecular weight is 379 g/mol. The summed E-state index contributed by atoms with van der Waals surface area (Å²) in [6.45, 7) is 1.60. The molecule has 0 unspecified atom stereocenters. The Morgan fingerprint density at radius 1 is 1.15 bits per heavy atom. The van der Waals surface area contributed by atoms with Crippen molar-refractivity contribution in [2.75, 3.05) is 20.8 Å². The minimum atomic E-state index is -0.580. The summed E-state index contributed by atoms with van der Waals surface area (Å²) < 4.78 is 15.9. The Bertz CT molecular complexity index is 752. The quantitative estimate of drug-likeness (QED) is 0.664. The maximum atomic E-state index is 10.9. The van der Waals surface area contributed by atoms with Gasteiger partial charge in [0.1, 0.15) is 0 Å². The van der Waals surface area contributed by atoms with E-state index in [0.29, 0.717) is 36.2 Å². The molecule has 140 valence electrons. The molecule has 0 fully saturated rings. The average Bonchev–Trinajstić information content (AvgIpc) is 2.62. The molecule has 0 atom stereocenters. The number of amides is 1. The molecule has 2 aromatic rings. The predicted molar refractivity (Wildman–Crippen MR) is 100 cm³/mol. The number of nitrogens with two attached hydrogens (primary N) is 1. The number of nitrogens with one attached hydrogen (secondary N) is 1. The molecule has 3 N–H and O–H groups in total. The molecule has 0 bridgehead atoms. The predicted octanol–water partition coefficient (Wildman–Crippen LogP) is 2.65. The first-order valence-corrected chi connectivity index (χ1v) is 8.47. The number of carbonyl (C=O) groups excluding carboxylic acids is 1. The van der Waals surface area contributed by atoms with Crippen molar-refractivity contribution in [1.82, 2.24) is 5.32 Å². The third-order valence-corrected chi connectivity index (χ3v) is 3.99. The highest BCUT2D eigenvalue weighted by Crippen LogP contribution is 2.36. The molecule has 0 aliphatic rings. The Morgan fingerprint density at radius 2 is 1.88 bits per heavy atom.